The van der Waals surface area contributed by atoms with Gasteiger partial charge in [-0.1, -0.05) is 18.2 Å². The molecule has 0 saturated carbocycles. The first kappa shape index (κ1) is 40.7. The number of nitrogens with zero attached hydrogens (tertiary/aromatic N) is 8. The van der Waals surface area contributed by atoms with Gasteiger partial charge in [-0.25, -0.2) is 4.39 Å². The molecule has 1 aromatic heterocycles. The molecule has 5 saturated heterocycles. The number of hydrogen-bond acceptors (Lipinski definition) is 14. The second-order valence-electron chi connectivity index (χ2n) is 17.5. The molecule has 0 unspecified atom stereocenters. The number of aromatic nitrogens is 2. The maximum Gasteiger partial charge on any atom is 0.249 e. The Morgan fingerprint density at radius 1 is 0.841 bits per heavy atom. The number of carbonyl (C=O) groups is 3. The number of piperazine rings is 2. The maximum absolute atomic E-state index is 15.3. The van der Waals surface area contributed by atoms with E-state index in [4.69, 9.17) is 15.2 Å². The highest BCUT2D eigenvalue weighted by molar-refractivity contribution is 6.02. The number of nitrogens with two attached hydrogens (primary N) is 1. The number of fused-ring (bicyclic) bond motifs is 3. The molecule has 3 amide bonds. The van der Waals surface area contributed by atoms with Crippen molar-refractivity contribution in [1.82, 2.24) is 25.3 Å². The van der Waals surface area contributed by atoms with Crippen LogP contribution in [0.4, 0.5) is 33.0 Å². The normalized spacial score (nSPS) is 23.1. The van der Waals surface area contributed by atoms with Crippen LogP contribution in [-0.4, -0.2) is 139 Å². The third-order valence-corrected chi connectivity index (χ3v) is 13.6. The van der Waals surface area contributed by atoms with Crippen molar-refractivity contribution >= 4 is 46.3 Å². The molecule has 10 rings (SSSR count). The molecule has 6 aliphatic rings. The zero-order chi connectivity index (χ0) is 43.2. The number of nitrogens with one attached hydrogen (secondary N) is 1. The summed E-state index contributed by atoms with van der Waals surface area (Å²) in [7, 11) is 0. The molecule has 5 fully saturated rings. The van der Waals surface area contributed by atoms with Gasteiger partial charge in [0.25, 0.3) is 0 Å². The van der Waals surface area contributed by atoms with E-state index < -0.39 is 6.04 Å². The Labute approximate surface area is 365 Å². The average Bonchev–Trinajstić information content (AvgIpc) is 3.55. The lowest BCUT2D eigenvalue weighted by Crippen LogP contribution is -2.54. The maximum atomic E-state index is 15.3. The molecule has 3 atom stereocenters. The monoisotopic (exact) mass is 860 g/mol. The van der Waals surface area contributed by atoms with Gasteiger partial charge in [0.15, 0.2) is 11.6 Å². The number of rotatable bonds is 9. The fourth-order valence-corrected chi connectivity index (χ4v) is 10.4. The summed E-state index contributed by atoms with van der Waals surface area (Å²) in [6.07, 6.45) is 3.90. The van der Waals surface area contributed by atoms with Gasteiger partial charge < -0.3 is 44.8 Å². The van der Waals surface area contributed by atoms with Crippen molar-refractivity contribution in [2.45, 2.75) is 62.8 Å². The van der Waals surface area contributed by atoms with Gasteiger partial charge in [-0.3, -0.25) is 24.6 Å². The molecule has 2 bridgehead atoms. The quantitative estimate of drug-likeness (QED) is 0.208. The summed E-state index contributed by atoms with van der Waals surface area (Å²) in [5, 5.41) is 21.4. The molecule has 4 N–H and O–H groups in total. The molecule has 16 nitrogen and oxygen atoms in total. The number of benzene rings is 3. The van der Waals surface area contributed by atoms with Crippen molar-refractivity contribution in [2.75, 3.05) is 97.4 Å². The third kappa shape index (κ3) is 8.21. The lowest BCUT2D eigenvalue weighted by atomic mass is 10.0. The van der Waals surface area contributed by atoms with Crippen LogP contribution in [0.3, 0.4) is 0 Å². The minimum atomic E-state index is -0.407. The Bertz CT molecular complexity index is 2380. The summed E-state index contributed by atoms with van der Waals surface area (Å²) in [5.74, 6) is 0.978. The topological polar surface area (TPSA) is 173 Å². The van der Waals surface area contributed by atoms with Gasteiger partial charge in [-0.05, 0) is 55.7 Å². The third-order valence-electron chi connectivity index (χ3n) is 13.6. The molecule has 330 valence electrons. The number of piperidine rings is 2. The van der Waals surface area contributed by atoms with E-state index in [1.807, 2.05) is 41.3 Å². The van der Waals surface area contributed by atoms with E-state index in [1.54, 1.807) is 24.3 Å². The fraction of sp³-hybridized carbons (Fsp3) is 0.457. The van der Waals surface area contributed by atoms with Crippen molar-refractivity contribution in [1.29, 1.82) is 0 Å². The van der Waals surface area contributed by atoms with Crippen molar-refractivity contribution in [2.24, 2.45) is 0 Å². The van der Waals surface area contributed by atoms with Gasteiger partial charge in [0.05, 0.1) is 35.8 Å². The van der Waals surface area contributed by atoms with Crippen molar-refractivity contribution in [3.63, 3.8) is 0 Å². The highest BCUT2D eigenvalue weighted by Crippen LogP contribution is 2.43. The van der Waals surface area contributed by atoms with E-state index in [1.165, 1.54) is 6.07 Å². The van der Waals surface area contributed by atoms with Crippen LogP contribution in [0.25, 0.3) is 11.3 Å². The Hall–Kier alpha value is -6.36. The van der Waals surface area contributed by atoms with Crippen LogP contribution in [0.15, 0.2) is 66.7 Å². The second-order valence-corrected chi connectivity index (χ2v) is 17.5. The Balaban J connectivity index is 0.714. The van der Waals surface area contributed by atoms with Gasteiger partial charge in [-0.2, -0.15) is 0 Å². The first-order valence-corrected chi connectivity index (χ1v) is 22.2. The molecular formula is C46H53FN10O6. The smallest absolute Gasteiger partial charge is 0.249 e. The summed E-state index contributed by atoms with van der Waals surface area (Å²) in [6, 6.07) is 19.8. The van der Waals surface area contributed by atoms with Crippen LogP contribution in [-0.2, 0) is 14.4 Å². The first-order valence-electron chi connectivity index (χ1n) is 22.2. The van der Waals surface area contributed by atoms with Gasteiger partial charge in [0.1, 0.15) is 36.1 Å². The number of phenols is 1. The van der Waals surface area contributed by atoms with E-state index in [0.717, 1.165) is 67.5 Å². The number of imide groups is 1. The molecule has 0 radical (unpaired) electrons. The molecular weight excluding hydrogens is 808 g/mol. The van der Waals surface area contributed by atoms with Gasteiger partial charge >= 0.3 is 0 Å². The van der Waals surface area contributed by atoms with Crippen LogP contribution in [0.1, 0.15) is 38.5 Å². The number of para-hydroxylation sites is 2. The first-order chi connectivity index (χ1) is 30.6. The number of amides is 3. The molecule has 4 aromatic rings. The molecule has 7 heterocycles. The minimum absolute atomic E-state index is 0.101. The highest BCUT2D eigenvalue weighted by atomic mass is 19.1. The van der Waals surface area contributed by atoms with Gasteiger partial charge in [0, 0.05) is 107 Å². The lowest BCUT2D eigenvalue weighted by Gasteiger charge is -2.43. The summed E-state index contributed by atoms with van der Waals surface area (Å²) in [4.78, 5) is 51.0. The van der Waals surface area contributed by atoms with E-state index in [-0.39, 0.29) is 47.5 Å². The number of likely N-dealkylation sites (tertiary alicyclic amines) is 1. The number of carbonyl (C=O) groups excluding carboxylic acids is 3. The van der Waals surface area contributed by atoms with Crippen LogP contribution in [0.5, 0.6) is 17.2 Å². The summed E-state index contributed by atoms with van der Waals surface area (Å²) < 4.78 is 27.9. The van der Waals surface area contributed by atoms with Gasteiger partial charge in [-0.15, -0.1) is 10.2 Å². The Morgan fingerprint density at radius 3 is 2.37 bits per heavy atom. The predicted molar refractivity (Wildman–Crippen MR) is 236 cm³/mol. The molecule has 3 aromatic carbocycles. The van der Waals surface area contributed by atoms with Crippen molar-refractivity contribution < 1.29 is 33.4 Å². The van der Waals surface area contributed by atoms with E-state index in [9.17, 15) is 19.5 Å². The average molecular weight is 861 g/mol. The summed E-state index contributed by atoms with van der Waals surface area (Å²) in [6.45, 7) is 6.78. The van der Waals surface area contributed by atoms with Crippen molar-refractivity contribution in [3.05, 3.63) is 72.5 Å². The molecule has 63 heavy (non-hydrogen) atoms. The predicted octanol–water partition coefficient (Wildman–Crippen LogP) is 3.62. The van der Waals surface area contributed by atoms with Crippen LogP contribution < -0.4 is 40.1 Å². The lowest BCUT2D eigenvalue weighted by molar-refractivity contribution is -0.135. The number of anilines is 5. The number of halogens is 1. The SMILES string of the molecule is Nc1nnc(-c2ccccc2O)cc1N1C[C@H]2CC[C@@H](C1)N2c1cc(F)cc(OC2CCN(C(=O)CN3CCN(c4cccc5c4OCCN5[C@@H]4CCC(=O)NC4=O)CC3)CC2)c1. The minimum Gasteiger partial charge on any atom is -0.507 e. The summed E-state index contributed by atoms with van der Waals surface area (Å²) >= 11 is 0. The van der Waals surface area contributed by atoms with Crippen LogP contribution in [0.2, 0.25) is 0 Å². The number of hydrogen-bond donors (Lipinski definition) is 3. The molecule has 17 heteroatoms. The zero-order valence-electron chi connectivity index (χ0n) is 35.2. The Kier molecular flexibility index (Phi) is 11.0. The molecule has 6 aliphatic heterocycles. The number of phenolic OH excluding ortho intramolecular Hbond substituents is 1. The Morgan fingerprint density at radius 2 is 1.60 bits per heavy atom. The number of nitrogen functional groups attached to an aromatic ring is 1. The number of aromatic hydroxyl groups is 1. The van der Waals surface area contributed by atoms with Gasteiger partial charge in [0.2, 0.25) is 17.7 Å². The van der Waals surface area contributed by atoms with Crippen LogP contribution in [0, 0.1) is 5.82 Å². The highest BCUT2D eigenvalue weighted by Gasteiger charge is 2.42. The molecule has 0 aliphatic carbocycles. The van der Waals surface area contributed by atoms with E-state index >= 15 is 4.39 Å². The fourth-order valence-electron chi connectivity index (χ4n) is 10.4. The van der Waals surface area contributed by atoms with Crippen molar-refractivity contribution in [3.8, 4) is 28.5 Å². The standard InChI is InChI=1S/C46H53FN10O6/c47-29-22-32(57-30-8-9-31(57)27-55(26-30)40-25-36(50-51-45(40)48)35-4-1-2-7-41(35)58)24-34(23-29)63-33-12-14-54(15-13-33)43(60)28-52-16-18-53(19-17-52)37-5-3-6-38-44(37)62-21-20-56(38)39-10-11-42(59)49-46(39)61/h1-7,22-25,30-31,33,39,58H,8-21,26-28H2,(H2,48,51)(H,49,59,61)/t30-,31+,39-/m1/s1. The van der Waals surface area contributed by atoms with E-state index in [0.29, 0.717) is 94.4 Å². The van der Waals surface area contributed by atoms with Crippen LogP contribution >= 0.6 is 0 Å². The number of ether oxygens (including phenoxy) is 2. The largest absolute Gasteiger partial charge is 0.507 e. The second kappa shape index (κ2) is 17.1. The van der Waals surface area contributed by atoms with E-state index in [2.05, 4.69) is 40.0 Å². The molecule has 0 spiro atoms. The summed E-state index contributed by atoms with van der Waals surface area (Å²) in [5.41, 5.74) is 10.9. The zero-order valence-corrected chi connectivity index (χ0v) is 35.2.